The van der Waals surface area contributed by atoms with Gasteiger partial charge < -0.3 is 14.0 Å². The summed E-state index contributed by atoms with van der Waals surface area (Å²) in [6, 6.07) is 1.72. The highest BCUT2D eigenvalue weighted by atomic mass is 16.5. The van der Waals surface area contributed by atoms with Gasteiger partial charge in [-0.05, 0) is 13.0 Å². The zero-order valence-corrected chi connectivity index (χ0v) is 6.97. The van der Waals surface area contributed by atoms with Gasteiger partial charge >= 0.3 is 0 Å². The van der Waals surface area contributed by atoms with Gasteiger partial charge in [0.05, 0.1) is 11.8 Å². The van der Waals surface area contributed by atoms with Crippen molar-refractivity contribution in [3.63, 3.8) is 0 Å². The van der Waals surface area contributed by atoms with E-state index in [0.717, 1.165) is 5.56 Å². The summed E-state index contributed by atoms with van der Waals surface area (Å²) in [5, 5.41) is 12.8. The van der Waals surface area contributed by atoms with Gasteiger partial charge in [-0.2, -0.15) is 4.98 Å². The number of aromatic nitrogens is 2. The van der Waals surface area contributed by atoms with Crippen molar-refractivity contribution in [3.05, 3.63) is 24.5 Å². The maximum Gasteiger partial charge on any atom is 0.255 e. The number of nitrogens with zero attached hydrogens (tertiary/aromatic N) is 2. The molecule has 1 unspecified atom stereocenters. The van der Waals surface area contributed by atoms with Crippen LogP contribution in [0, 0.1) is 0 Å². The summed E-state index contributed by atoms with van der Waals surface area (Å²) < 4.78 is 9.65. The fraction of sp³-hybridized carbons (Fsp3) is 0.250. The molecule has 1 atom stereocenters. The second kappa shape index (κ2) is 3.02. The van der Waals surface area contributed by atoms with Gasteiger partial charge in [0.15, 0.2) is 0 Å². The van der Waals surface area contributed by atoms with E-state index in [2.05, 4.69) is 10.1 Å². The molecule has 0 aliphatic carbocycles. The van der Waals surface area contributed by atoms with E-state index >= 15 is 0 Å². The number of hydrogen-bond donors (Lipinski definition) is 1. The molecule has 5 heteroatoms. The summed E-state index contributed by atoms with van der Waals surface area (Å²) >= 11 is 0. The molecule has 2 heterocycles. The predicted octanol–water partition coefficient (Wildman–Crippen LogP) is 1.38. The molecule has 1 N–H and O–H groups in total. The van der Waals surface area contributed by atoms with Gasteiger partial charge in [-0.1, -0.05) is 5.16 Å². The minimum Gasteiger partial charge on any atom is -0.472 e. The Balaban J connectivity index is 2.33. The zero-order valence-electron chi connectivity index (χ0n) is 6.97. The lowest BCUT2D eigenvalue weighted by Crippen LogP contribution is -1.89. The molecule has 0 radical (unpaired) electrons. The first-order valence-corrected chi connectivity index (χ1v) is 3.81. The number of hydrogen-bond acceptors (Lipinski definition) is 5. The second-order valence-corrected chi connectivity index (χ2v) is 2.64. The van der Waals surface area contributed by atoms with Crippen LogP contribution in [-0.4, -0.2) is 15.2 Å². The highest BCUT2D eigenvalue weighted by molar-refractivity contribution is 5.51. The van der Waals surface area contributed by atoms with Crippen molar-refractivity contribution in [1.29, 1.82) is 0 Å². The highest BCUT2D eigenvalue weighted by Crippen LogP contribution is 2.18. The molecular weight excluding hydrogens is 172 g/mol. The first kappa shape index (κ1) is 8.00. The number of aliphatic hydroxyl groups excluding tert-OH is 1. The molecule has 0 spiro atoms. The first-order chi connectivity index (χ1) is 6.27. The van der Waals surface area contributed by atoms with Crippen LogP contribution in [0.5, 0.6) is 0 Å². The summed E-state index contributed by atoms with van der Waals surface area (Å²) in [5.74, 6) is 0.626. The van der Waals surface area contributed by atoms with Crippen LogP contribution in [0.1, 0.15) is 18.9 Å². The maximum atomic E-state index is 9.11. The Kier molecular flexibility index (Phi) is 1.86. The summed E-state index contributed by atoms with van der Waals surface area (Å²) in [6.45, 7) is 1.56. The van der Waals surface area contributed by atoms with Crippen molar-refractivity contribution in [2.45, 2.75) is 13.0 Å². The molecule has 0 aliphatic rings. The van der Waals surface area contributed by atoms with Gasteiger partial charge in [0.2, 0.25) is 5.82 Å². The molecular formula is C8H8N2O3. The summed E-state index contributed by atoms with van der Waals surface area (Å²) in [4.78, 5) is 3.96. The van der Waals surface area contributed by atoms with Crippen LogP contribution in [0.25, 0.3) is 11.4 Å². The molecule has 5 nitrogen and oxygen atoms in total. The van der Waals surface area contributed by atoms with E-state index in [0.29, 0.717) is 5.82 Å². The van der Waals surface area contributed by atoms with Gasteiger partial charge in [0.25, 0.3) is 5.89 Å². The van der Waals surface area contributed by atoms with E-state index in [1.165, 1.54) is 12.5 Å². The lowest BCUT2D eigenvalue weighted by molar-refractivity contribution is 0.152. The molecule has 0 amide bonds. The average Bonchev–Trinajstić information content (AvgIpc) is 2.75. The molecule has 0 aliphatic heterocycles. The summed E-state index contributed by atoms with van der Waals surface area (Å²) in [7, 11) is 0. The third kappa shape index (κ3) is 1.46. The lowest BCUT2D eigenvalue weighted by Gasteiger charge is -1.91. The minimum absolute atomic E-state index is 0.205. The molecule has 68 valence electrons. The predicted molar refractivity (Wildman–Crippen MR) is 42.6 cm³/mol. The van der Waals surface area contributed by atoms with Crippen LogP contribution in [0.15, 0.2) is 27.5 Å². The van der Waals surface area contributed by atoms with Crippen molar-refractivity contribution in [2.75, 3.05) is 0 Å². The van der Waals surface area contributed by atoms with Crippen molar-refractivity contribution < 1.29 is 14.0 Å². The van der Waals surface area contributed by atoms with Gasteiger partial charge in [0.1, 0.15) is 12.4 Å². The maximum absolute atomic E-state index is 9.11. The van der Waals surface area contributed by atoms with Crippen LogP contribution in [0.2, 0.25) is 0 Å². The van der Waals surface area contributed by atoms with E-state index in [4.69, 9.17) is 14.0 Å². The van der Waals surface area contributed by atoms with Crippen molar-refractivity contribution in [2.24, 2.45) is 0 Å². The van der Waals surface area contributed by atoms with Crippen molar-refractivity contribution >= 4 is 0 Å². The Morgan fingerprint density at radius 2 is 2.38 bits per heavy atom. The summed E-state index contributed by atoms with van der Waals surface area (Å²) in [6.07, 6.45) is 2.29. The topological polar surface area (TPSA) is 72.3 Å². The molecule has 0 bridgehead atoms. The number of rotatable bonds is 2. The Morgan fingerprint density at radius 1 is 1.54 bits per heavy atom. The third-order valence-corrected chi connectivity index (χ3v) is 1.58. The van der Waals surface area contributed by atoms with Crippen LogP contribution >= 0.6 is 0 Å². The number of furan rings is 1. The Hall–Kier alpha value is -1.62. The molecule has 0 fully saturated rings. The van der Waals surface area contributed by atoms with E-state index in [9.17, 15) is 0 Å². The van der Waals surface area contributed by atoms with E-state index in [1.807, 2.05) is 0 Å². The van der Waals surface area contributed by atoms with Crippen LogP contribution in [-0.2, 0) is 0 Å². The number of aliphatic hydroxyl groups is 1. The zero-order chi connectivity index (χ0) is 9.26. The van der Waals surface area contributed by atoms with Crippen LogP contribution < -0.4 is 0 Å². The Morgan fingerprint density at radius 3 is 2.92 bits per heavy atom. The molecule has 0 saturated carbocycles. The normalized spacial score (nSPS) is 13.1. The lowest BCUT2D eigenvalue weighted by atomic mass is 10.3. The molecule has 2 aromatic rings. The summed E-state index contributed by atoms with van der Waals surface area (Å²) in [5.41, 5.74) is 0.732. The smallest absolute Gasteiger partial charge is 0.255 e. The molecule has 2 rings (SSSR count). The SMILES string of the molecule is CC(O)c1nc(-c2ccoc2)no1. The van der Waals surface area contributed by atoms with Crippen LogP contribution in [0.3, 0.4) is 0 Å². The monoisotopic (exact) mass is 180 g/mol. The fourth-order valence-electron chi connectivity index (χ4n) is 0.914. The van der Waals surface area contributed by atoms with Crippen molar-refractivity contribution in [1.82, 2.24) is 10.1 Å². The molecule has 2 aromatic heterocycles. The van der Waals surface area contributed by atoms with E-state index in [-0.39, 0.29) is 5.89 Å². The molecule has 0 aromatic carbocycles. The van der Waals surface area contributed by atoms with E-state index < -0.39 is 6.10 Å². The van der Waals surface area contributed by atoms with Gasteiger partial charge in [-0.15, -0.1) is 0 Å². The molecule has 13 heavy (non-hydrogen) atoms. The van der Waals surface area contributed by atoms with Gasteiger partial charge in [0, 0.05) is 0 Å². The van der Waals surface area contributed by atoms with Gasteiger partial charge in [-0.25, -0.2) is 0 Å². The third-order valence-electron chi connectivity index (χ3n) is 1.58. The Bertz CT molecular complexity index is 378. The van der Waals surface area contributed by atoms with Crippen molar-refractivity contribution in [3.8, 4) is 11.4 Å². The second-order valence-electron chi connectivity index (χ2n) is 2.64. The largest absolute Gasteiger partial charge is 0.472 e. The first-order valence-electron chi connectivity index (χ1n) is 3.81. The minimum atomic E-state index is -0.742. The van der Waals surface area contributed by atoms with E-state index in [1.54, 1.807) is 13.0 Å². The average molecular weight is 180 g/mol. The Labute approximate surface area is 74.0 Å². The van der Waals surface area contributed by atoms with Gasteiger partial charge in [-0.3, -0.25) is 0 Å². The fourth-order valence-corrected chi connectivity index (χ4v) is 0.914. The molecule has 0 saturated heterocycles. The standard InChI is InChI=1S/C8H8N2O3/c1-5(11)8-9-7(10-13-8)6-2-3-12-4-6/h2-5,11H,1H3. The van der Waals surface area contributed by atoms with Crippen LogP contribution in [0.4, 0.5) is 0 Å². The highest BCUT2D eigenvalue weighted by Gasteiger charge is 2.12. The quantitative estimate of drug-likeness (QED) is 0.755.